The van der Waals surface area contributed by atoms with Crippen molar-refractivity contribution in [3.05, 3.63) is 65.7 Å². The van der Waals surface area contributed by atoms with Crippen molar-refractivity contribution >= 4 is 29.5 Å². The van der Waals surface area contributed by atoms with Crippen LogP contribution in [0.5, 0.6) is 5.75 Å². The zero-order chi connectivity index (χ0) is 21.1. The Balaban J connectivity index is 1.81. The lowest BCUT2D eigenvalue weighted by atomic mass is 10.2. The van der Waals surface area contributed by atoms with E-state index in [2.05, 4.69) is 16.0 Å². The molecule has 3 amide bonds. The Labute approximate surface area is 170 Å². The van der Waals surface area contributed by atoms with Gasteiger partial charge in [0.15, 0.2) is 0 Å². The van der Waals surface area contributed by atoms with Crippen molar-refractivity contribution in [2.24, 2.45) is 0 Å². The van der Waals surface area contributed by atoms with Crippen LogP contribution < -0.4 is 20.7 Å². The largest absolute Gasteiger partial charge is 0.497 e. The minimum Gasteiger partial charge on any atom is -0.497 e. The van der Waals surface area contributed by atoms with Gasteiger partial charge in [0.1, 0.15) is 5.75 Å². The monoisotopic (exact) mass is 395 g/mol. The molecule has 0 bridgehead atoms. The fraction of sp³-hybridized carbons (Fsp3) is 0.227. The summed E-state index contributed by atoms with van der Waals surface area (Å²) in [5.41, 5.74) is 1.93. The Morgan fingerprint density at radius 2 is 1.59 bits per heavy atom. The second kappa shape index (κ2) is 11.3. The van der Waals surface area contributed by atoms with Crippen LogP contribution in [0.15, 0.2) is 54.6 Å². The molecule has 0 atom stereocenters. The molecule has 0 aliphatic carbocycles. The number of hydrogen-bond donors (Lipinski definition) is 3. The first-order valence-electron chi connectivity index (χ1n) is 9.30. The normalized spacial score (nSPS) is 10.4. The van der Waals surface area contributed by atoms with Crippen LogP contribution in [0.3, 0.4) is 0 Å². The van der Waals surface area contributed by atoms with E-state index in [1.54, 1.807) is 44.4 Å². The molecule has 29 heavy (non-hydrogen) atoms. The zero-order valence-electron chi connectivity index (χ0n) is 16.5. The van der Waals surface area contributed by atoms with Crippen molar-refractivity contribution < 1.29 is 19.1 Å². The predicted octanol–water partition coefficient (Wildman–Crippen LogP) is 2.60. The molecule has 0 spiro atoms. The lowest BCUT2D eigenvalue weighted by molar-refractivity contribution is -0.120. The second-order valence-corrected chi connectivity index (χ2v) is 6.13. The Morgan fingerprint density at radius 3 is 2.21 bits per heavy atom. The van der Waals surface area contributed by atoms with Crippen molar-refractivity contribution in [3.63, 3.8) is 0 Å². The number of carbonyl (C=O) groups is 3. The van der Waals surface area contributed by atoms with Crippen molar-refractivity contribution in [2.45, 2.75) is 13.3 Å². The number of amides is 3. The van der Waals surface area contributed by atoms with Crippen LogP contribution in [0.2, 0.25) is 0 Å². The molecule has 7 nitrogen and oxygen atoms in total. The van der Waals surface area contributed by atoms with E-state index in [9.17, 15) is 14.4 Å². The van der Waals surface area contributed by atoms with Crippen molar-refractivity contribution in [1.29, 1.82) is 0 Å². The molecule has 0 heterocycles. The van der Waals surface area contributed by atoms with Crippen molar-refractivity contribution in [1.82, 2.24) is 10.6 Å². The van der Waals surface area contributed by atoms with Gasteiger partial charge in [-0.2, -0.15) is 0 Å². The smallest absolute Gasteiger partial charge is 0.251 e. The second-order valence-electron chi connectivity index (χ2n) is 6.13. The molecule has 2 aromatic rings. The first kappa shape index (κ1) is 21.7. The minimum absolute atomic E-state index is 0.0552. The van der Waals surface area contributed by atoms with Gasteiger partial charge in [-0.15, -0.1) is 0 Å². The molecule has 0 saturated heterocycles. The average Bonchev–Trinajstić information content (AvgIpc) is 2.75. The minimum atomic E-state index is -0.273. The molecular weight excluding hydrogens is 370 g/mol. The molecule has 0 fully saturated rings. The molecule has 0 aliphatic rings. The van der Waals surface area contributed by atoms with Crippen molar-refractivity contribution in [3.8, 4) is 5.75 Å². The Morgan fingerprint density at radius 1 is 0.931 bits per heavy atom. The van der Waals surface area contributed by atoms with E-state index >= 15 is 0 Å². The molecule has 0 radical (unpaired) electrons. The maximum absolute atomic E-state index is 12.1. The third-order valence-electron chi connectivity index (χ3n) is 4.01. The number of methoxy groups -OCH3 is 1. The third-order valence-corrected chi connectivity index (χ3v) is 4.01. The van der Waals surface area contributed by atoms with E-state index < -0.39 is 0 Å². The summed E-state index contributed by atoms with van der Waals surface area (Å²) in [4.78, 5) is 35.2. The zero-order valence-corrected chi connectivity index (χ0v) is 16.5. The first-order chi connectivity index (χ1) is 14.0. The quantitative estimate of drug-likeness (QED) is 0.449. The van der Waals surface area contributed by atoms with E-state index in [-0.39, 0.29) is 17.7 Å². The van der Waals surface area contributed by atoms with Crippen LogP contribution in [-0.4, -0.2) is 37.9 Å². The van der Waals surface area contributed by atoms with Crippen LogP contribution in [0.4, 0.5) is 5.69 Å². The molecule has 3 N–H and O–H groups in total. The van der Waals surface area contributed by atoms with E-state index in [1.807, 2.05) is 24.3 Å². The van der Waals surface area contributed by atoms with Gasteiger partial charge in [0, 0.05) is 36.8 Å². The fourth-order valence-electron chi connectivity index (χ4n) is 2.38. The summed E-state index contributed by atoms with van der Waals surface area (Å²) in [5.74, 6) is 0.180. The highest BCUT2D eigenvalue weighted by molar-refractivity contribution is 6.02. The maximum Gasteiger partial charge on any atom is 0.251 e. The van der Waals surface area contributed by atoms with Gasteiger partial charge in [0.05, 0.1) is 7.11 Å². The van der Waals surface area contributed by atoms with Crippen LogP contribution in [0.25, 0.3) is 6.08 Å². The summed E-state index contributed by atoms with van der Waals surface area (Å²) in [7, 11) is 1.60. The van der Waals surface area contributed by atoms with Gasteiger partial charge >= 0.3 is 0 Å². The molecule has 7 heteroatoms. The van der Waals surface area contributed by atoms with Crippen LogP contribution in [0.1, 0.15) is 29.3 Å². The van der Waals surface area contributed by atoms with E-state index in [1.165, 1.54) is 6.08 Å². The number of anilines is 1. The third kappa shape index (κ3) is 7.50. The summed E-state index contributed by atoms with van der Waals surface area (Å²) in [6, 6.07) is 13.9. The standard InChI is InChI=1S/C22H25N3O4/c1-3-20(26)23-14-15-24-22(28)17-7-9-18(10-8-17)25-21(27)13-6-16-4-11-19(29-2)12-5-16/h4-13H,3,14-15H2,1-2H3,(H,23,26)(H,24,28)(H,25,27)/b13-6+. The van der Waals surface area contributed by atoms with Crippen molar-refractivity contribution in [2.75, 3.05) is 25.5 Å². The van der Waals surface area contributed by atoms with E-state index in [0.29, 0.717) is 30.8 Å². The van der Waals surface area contributed by atoms with Crippen LogP contribution in [0, 0.1) is 0 Å². The van der Waals surface area contributed by atoms with Crippen LogP contribution in [-0.2, 0) is 9.59 Å². The Hall–Kier alpha value is -3.61. The van der Waals surface area contributed by atoms with Gasteiger partial charge in [-0.05, 0) is 48.0 Å². The average molecular weight is 395 g/mol. The highest BCUT2D eigenvalue weighted by Crippen LogP contribution is 2.13. The van der Waals surface area contributed by atoms with Gasteiger partial charge in [-0.3, -0.25) is 14.4 Å². The van der Waals surface area contributed by atoms with Gasteiger partial charge < -0.3 is 20.7 Å². The first-order valence-corrected chi connectivity index (χ1v) is 9.30. The highest BCUT2D eigenvalue weighted by atomic mass is 16.5. The van der Waals surface area contributed by atoms with Gasteiger partial charge in [0.2, 0.25) is 11.8 Å². The molecule has 2 aromatic carbocycles. The van der Waals surface area contributed by atoms with E-state index in [0.717, 1.165) is 11.3 Å². The van der Waals surface area contributed by atoms with Gasteiger partial charge in [-0.25, -0.2) is 0 Å². The molecule has 152 valence electrons. The number of nitrogens with one attached hydrogen (secondary N) is 3. The maximum atomic E-state index is 12.1. The molecule has 0 saturated carbocycles. The summed E-state index contributed by atoms with van der Waals surface area (Å²) in [6.45, 7) is 2.50. The number of ether oxygens (including phenoxy) is 1. The van der Waals surface area contributed by atoms with E-state index in [4.69, 9.17) is 4.74 Å². The number of hydrogen-bond acceptors (Lipinski definition) is 4. The molecular formula is C22H25N3O4. The molecule has 0 aromatic heterocycles. The van der Waals surface area contributed by atoms with Gasteiger partial charge in [0.25, 0.3) is 5.91 Å². The molecule has 2 rings (SSSR count). The number of rotatable bonds is 9. The highest BCUT2D eigenvalue weighted by Gasteiger charge is 2.06. The SMILES string of the molecule is CCC(=O)NCCNC(=O)c1ccc(NC(=O)/C=C/c2ccc(OC)cc2)cc1. The van der Waals surface area contributed by atoms with Gasteiger partial charge in [-0.1, -0.05) is 19.1 Å². The summed E-state index contributed by atoms with van der Waals surface area (Å²) in [5, 5.41) is 8.15. The topological polar surface area (TPSA) is 96.5 Å². The lowest BCUT2D eigenvalue weighted by Crippen LogP contribution is -2.34. The fourth-order valence-corrected chi connectivity index (χ4v) is 2.38. The van der Waals surface area contributed by atoms with Crippen LogP contribution >= 0.6 is 0 Å². The number of carbonyl (C=O) groups excluding carboxylic acids is 3. The number of benzene rings is 2. The predicted molar refractivity (Wildman–Crippen MR) is 113 cm³/mol. The lowest BCUT2D eigenvalue weighted by Gasteiger charge is -2.07. The summed E-state index contributed by atoms with van der Waals surface area (Å²) >= 11 is 0. The summed E-state index contributed by atoms with van der Waals surface area (Å²) < 4.78 is 5.09. The summed E-state index contributed by atoms with van der Waals surface area (Å²) in [6.07, 6.45) is 3.55. The molecule has 0 aliphatic heterocycles. The molecule has 0 unspecified atom stereocenters. The Bertz CT molecular complexity index is 859. The Kier molecular flexibility index (Phi) is 8.44.